The fraction of sp³-hybridized carbons (Fsp3) is 0.0952. The molecule has 0 aliphatic carbocycles. The number of hydrogen-bond donors (Lipinski definition) is 2. The molecule has 1 amide bonds. The summed E-state index contributed by atoms with van der Waals surface area (Å²) in [6, 6.07) is 19.7. The van der Waals surface area contributed by atoms with Gasteiger partial charge in [-0.15, -0.1) is 0 Å². The first-order valence-electron chi connectivity index (χ1n) is 8.46. The largest absolute Gasteiger partial charge is 0.289 e. The van der Waals surface area contributed by atoms with Gasteiger partial charge in [0.1, 0.15) is 5.69 Å². The molecule has 130 valence electrons. The molecule has 26 heavy (non-hydrogen) atoms. The van der Waals surface area contributed by atoms with E-state index in [1.54, 1.807) is 12.1 Å². The second kappa shape index (κ2) is 8.58. The van der Waals surface area contributed by atoms with E-state index >= 15 is 0 Å². The summed E-state index contributed by atoms with van der Waals surface area (Å²) < 4.78 is 0. The summed E-state index contributed by atoms with van der Waals surface area (Å²) in [5.74, 6) is -0.335. The molecule has 0 atom stereocenters. The minimum atomic E-state index is -0.335. The molecule has 1 heterocycles. The van der Waals surface area contributed by atoms with Crippen LogP contribution in [-0.4, -0.2) is 22.3 Å². The summed E-state index contributed by atoms with van der Waals surface area (Å²) in [6.45, 7) is 2.11. The first kappa shape index (κ1) is 17.4. The zero-order chi connectivity index (χ0) is 18.2. The van der Waals surface area contributed by atoms with Gasteiger partial charge in [-0.2, -0.15) is 10.2 Å². The van der Waals surface area contributed by atoms with Gasteiger partial charge >= 0.3 is 0 Å². The zero-order valence-electron chi connectivity index (χ0n) is 14.5. The van der Waals surface area contributed by atoms with Crippen LogP contribution >= 0.6 is 0 Å². The maximum absolute atomic E-state index is 12.1. The zero-order valence-corrected chi connectivity index (χ0v) is 14.5. The predicted octanol–water partition coefficient (Wildman–Crippen LogP) is 4.07. The molecule has 5 heteroatoms. The smallest absolute Gasteiger partial charge is 0.272 e. The third kappa shape index (κ3) is 4.54. The number of allylic oxidation sites excluding steroid dienone is 1. The van der Waals surface area contributed by atoms with E-state index < -0.39 is 0 Å². The average molecular weight is 344 g/mol. The van der Waals surface area contributed by atoms with Crippen LogP contribution in [0.15, 0.2) is 71.8 Å². The van der Waals surface area contributed by atoms with Gasteiger partial charge in [0.2, 0.25) is 0 Å². The number of benzene rings is 2. The maximum Gasteiger partial charge on any atom is 0.289 e. The molecule has 0 aliphatic rings. The Morgan fingerprint density at radius 2 is 1.92 bits per heavy atom. The lowest BCUT2D eigenvalue weighted by molar-refractivity contribution is 0.0950. The third-order valence-corrected chi connectivity index (χ3v) is 3.90. The van der Waals surface area contributed by atoms with E-state index in [1.807, 2.05) is 48.5 Å². The Morgan fingerprint density at radius 3 is 2.65 bits per heavy atom. The first-order valence-corrected chi connectivity index (χ1v) is 8.46. The van der Waals surface area contributed by atoms with Crippen LogP contribution < -0.4 is 5.43 Å². The van der Waals surface area contributed by atoms with E-state index in [2.05, 4.69) is 39.8 Å². The summed E-state index contributed by atoms with van der Waals surface area (Å²) in [5.41, 5.74) is 6.86. The molecule has 2 aromatic carbocycles. The van der Waals surface area contributed by atoms with Crippen LogP contribution in [0.5, 0.6) is 0 Å². The van der Waals surface area contributed by atoms with Crippen molar-refractivity contribution in [3.05, 3.63) is 83.6 Å². The van der Waals surface area contributed by atoms with Crippen LogP contribution in [0.1, 0.15) is 28.5 Å². The van der Waals surface area contributed by atoms with Crippen molar-refractivity contribution in [2.24, 2.45) is 5.10 Å². The molecule has 3 rings (SSSR count). The second-order valence-electron chi connectivity index (χ2n) is 5.71. The molecule has 5 nitrogen and oxygen atoms in total. The fourth-order valence-corrected chi connectivity index (χ4v) is 2.41. The molecule has 0 radical (unpaired) electrons. The molecule has 0 saturated heterocycles. The normalized spacial score (nSPS) is 11.3. The Morgan fingerprint density at radius 1 is 1.15 bits per heavy atom. The van der Waals surface area contributed by atoms with Gasteiger partial charge < -0.3 is 0 Å². The van der Waals surface area contributed by atoms with E-state index in [1.165, 1.54) is 11.8 Å². The predicted molar refractivity (Wildman–Crippen MR) is 105 cm³/mol. The monoisotopic (exact) mass is 344 g/mol. The van der Waals surface area contributed by atoms with Crippen LogP contribution in [0.3, 0.4) is 0 Å². The fourth-order valence-electron chi connectivity index (χ4n) is 2.41. The summed E-state index contributed by atoms with van der Waals surface area (Å²) in [6.07, 6.45) is 6.20. The summed E-state index contributed by atoms with van der Waals surface area (Å²) >= 11 is 0. The van der Waals surface area contributed by atoms with Gasteiger partial charge in [0.15, 0.2) is 0 Å². The number of rotatable bonds is 6. The molecule has 0 saturated carbocycles. The average Bonchev–Trinajstić information content (AvgIpc) is 3.19. The molecular weight excluding hydrogens is 324 g/mol. The van der Waals surface area contributed by atoms with E-state index in [0.29, 0.717) is 5.69 Å². The van der Waals surface area contributed by atoms with Crippen molar-refractivity contribution in [2.45, 2.75) is 13.3 Å². The Kier molecular flexibility index (Phi) is 5.72. The number of hydrogen-bond acceptors (Lipinski definition) is 3. The Labute approximate surface area is 152 Å². The van der Waals surface area contributed by atoms with E-state index in [9.17, 15) is 4.79 Å². The topological polar surface area (TPSA) is 70.1 Å². The number of aryl methyl sites for hydroxylation is 1. The second-order valence-corrected chi connectivity index (χ2v) is 5.71. The molecule has 0 unspecified atom stereocenters. The number of carbonyl (C=O) groups excluding carboxylic acids is 1. The Bertz CT molecular complexity index is 909. The summed E-state index contributed by atoms with van der Waals surface area (Å²) in [4.78, 5) is 12.1. The molecule has 0 fully saturated rings. The molecule has 1 aromatic heterocycles. The van der Waals surface area contributed by atoms with Gasteiger partial charge in [-0.05, 0) is 29.7 Å². The number of nitrogens with one attached hydrogen (secondary N) is 2. The van der Waals surface area contributed by atoms with E-state index in [4.69, 9.17) is 0 Å². The number of amides is 1. The number of carbonyl (C=O) groups is 1. The van der Waals surface area contributed by atoms with Crippen LogP contribution in [0.2, 0.25) is 0 Å². The van der Waals surface area contributed by atoms with Crippen LogP contribution in [-0.2, 0) is 6.42 Å². The lowest BCUT2D eigenvalue weighted by Gasteiger charge is -1.98. The van der Waals surface area contributed by atoms with Crippen molar-refractivity contribution in [3.63, 3.8) is 0 Å². The number of H-pyrrole nitrogens is 1. The van der Waals surface area contributed by atoms with Gasteiger partial charge in [0.05, 0.1) is 5.69 Å². The summed E-state index contributed by atoms with van der Waals surface area (Å²) in [5, 5.41) is 10.8. The minimum absolute atomic E-state index is 0.335. The van der Waals surface area contributed by atoms with Gasteiger partial charge in [-0.1, -0.05) is 67.6 Å². The van der Waals surface area contributed by atoms with E-state index in [-0.39, 0.29) is 5.91 Å². The number of aromatic amines is 1. The minimum Gasteiger partial charge on any atom is -0.272 e. The SMILES string of the molecule is CCc1ccc(-c2cc(C(=O)N/N=C/C=C/c3ccccc3)[nH]n2)cc1. The summed E-state index contributed by atoms with van der Waals surface area (Å²) in [7, 11) is 0. The van der Waals surface area contributed by atoms with Crippen molar-refractivity contribution < 1.29 is 4.79 Å². The van der Waals surface area contributed by atoms with Crippen molar-refractivity contribution in [1.29, 1.82) is 0 Å². The van der Waals surface area contributed by atoms with Crippen LogP contribution in [0, 0.1) is 0 Å². The van der Waals surface area contributed by atoms with Crippen molar-refractivity contribution in [1.82, 2.24) is 15.6 Å². The quantitative estimate of drug-likeness (QED) is 0.523. The molecule has 0 bridgehead atoms. The molecule has 0 aliphatic heterocycles. The molecule has 2 N–H and O–H groups in total. The number of hydrazone groups is 1. The first-order chi connectivity index (χ1) is 12.8. The van der Waals surface area contributed by atoms with Gasteiger partial charge in [0.25, 0.3) is 5.91 Å². The highest BCUT2D eigenvalue weighted by Crippen LogP contribution is 2.18. The molecule has 0 spiro atoms. The van der Waals surface area contributed by atoms with Gasteiger partial charge in [-0.25, -0.2) is 5.43 Å². The van der Waals surface area contributed by atoms with Gasteiger partial charge in [-0.3, -0.25) is 9.89 Å². The van der Waals surface area contributed by atoms with Crippen molar-refractivity contribution in [2.75, 3.05) is 0 Å². The highest BCUT2D eigenvalue weighted by Gasteiger charge is 2.10. The number of aromatic nitrogens is 2. The lowest BCUT2D eigenvalue weighted by Crippen LogP contribution is -2.17. The van der Waals surface area contributed by atoms with Crippen LogP contribution in [0.4, 0.5) is 0 Å². The number of nitrogens with zero attached hydrogens (tertiary/aromatic N) is 2. The molecular formula is C21H20N4O. The van der Waals surface area contributed by atoms with Gasteiger partial charge in [0, 0.05) is 11.8 Å². The highest BCUT2D eigenvalue weighted by atomic mass is 16.2. The van der Waals surface area contributed by atoms with Crippen molar-refractivity contribution >= 4 is 18.2 Å². The van der Waals surface area contributed by atoms with Crippen LogP contribution in [0.25, 0.3) is 17.3 Å². The Hall–Kier alpha value is -3.47. The highest BCUT2D eigenvalue weighted by molar-refractivity contribution is 5.94. The molecule has 3 aromatic rings. The maximum atomic E-state index is 12.1. The standard InChI is InChI=1S/C21H20N4O/c1-2-16-10-12-18(13-11-16)19-15-20(24-23-19)21(26)25-22-14-6-9-17-7-4-3-5-8-17/h3-15H,2H2,1H3,(H,23,24)(H,25,26)/b9-6+,22-14+. The van der Waals surface area contributed by atoms with Crippen molar-refractivity contribution in [3.8, 4) is 11.3 Å². The lowest BCUT2D eigenvalue weighted by atomic mass is 10.1. The van der Waals surface area contributed by atoms with E-state index in [0.717, 1.165) is 23.2 Å². The Balaban J connectivity index is 1.57. The third-order valence-electron chi connectivity index (χ3n) is 3.90.